The van der Waals surface area contributed by atoms with Crippen LogP contribution in [0.4, 0.5) is 0 Å². The zero-order valence-corrected chi connectivity index (χ0v) is 5.42. The Morgan fingerprint density at radius 1 is 1.67 bits per heavy atom. The van der Waals surface area contributed by atoms with Crippen LogP contribution in [-0.4, -0.2) is 31.0 Å². The molecule has 3 heteroatoms. The van der Waals surface area contributed by atoms with Gasteiger partial charge in [0.05, 0.1) is 12.7 Å². The second-order valence-electron chi connectivity index (χ2n) is 2.43. The minimum atomic E-state index is -0.330. The van der Waals surface area contributed by atoms with Crippen LogP contribution in [0.2, 0.25) is 0 Å². The van der Waals surface area contributed by atoms with Crippen molar-refractivity contribution in [2.24, 2.45) is 11.7 Å². The van der Waals surface area contributed by atoms with E-state index < -0.39 is 0 Å². The molecule has 1 aliphatic heterocycles. The molecule has 0 aliphatic carbocycles. The minimum Gasteiger partial charge on any atom is -0.390 e. The highest BCUT2D eigenvalue weighted by molar-refractivity contribution is 4.72. The largest absolute Gasteiger partial charge is 0.390 e. The Bertz CT molecular complexity index is 87.1. The Morgan fingerprint density at radius 3 is 2.89 bits per heavy atom. The van der Waals surface area contributed by atoms with Crippen molar-refractivity contribution in [3.05, 3.63) is 0 Å². The van der Waals surface area contributed by atoms with Crippen LogP contribution in [0.3, 0.4) is 0 Å². The van der Waals surface area contributed by atoms with E-state index in [0.717, 1.165) is 13.0 Å². The van der Waals surface area contributed by atoms with Crippen molar-refractivity contribution in [2.75, 3.05) is 19.8 Å². The molecule has 2 unspecified atom stereocenters. The van der Waals surface area contributed by atoms with Crippen molar-refractivity contribution in [1.82, 2.24) is 0 Å². The molecular formula is C6H13NO2. The molecule has 0 spiro atoms. The summed E-state index contributed by atoms with van der Waals surface area (Å²) in [5.41, 5.74) is 5.38. The monoisotopic (exact) mass is 131 g/mol. The highest BCUT2D eigenvalue weighted by Crippen LogP contribution is 2.12. The van der Waals surface area contributed by atoms with Crippen LogP contribution in [0.25, 0.3) is 0 Å². The normalized spacial score (nSPS) is 36.7. The maximum Gasteiger partial charge on any atom is 0.0814 e. The van der Waals surface area contributed by atoms with E-state index in [1.807, 2.05) is 0 Å². The topological polar surface area (TPSA) is 55.5 Å². The van der Waals surface area contributed by atoms with Gasteiger partial charge in [0.25, 0.3) is 0 Å². The quantitative estimate of drug-likeness (QED) is 0.497. The summed E-state index contributed by atoms with van der Waals surface area (Å²) in [6.45, 7) is 1.78. The highest BCUT2D eigenvalue weighted by Gasteiger charge is 2.21. The second kappa shape index (κ2) is 3.15. The lowest BCUT2D eigenvalue weighted by Crippen LogP contribution is -2.36. The molecule has 1 aliphatic rings. The van der Waals surface area contributed by atoms with Crippen molar-refractivity contribution < 1.29 is 9.84 Å². The van der Waals surface area contributed by atoms with Crippen molar-refractivity contribution >= 4 is 0 Å². The fraction of sp³-hybridized carbons (Fsp3) is 1.00. The molecule has 1 fully saturated rings. The number of rotatable bonds is 1. The smallest absolute Gasteiger partial charge is 0.0814 e. The van der Waals surface area contributed by atoms with Gasteiger partial charge in [0.2, 0.25) is 0 Å². The van der Waals surface area contributed by atoms with Gasteiger partial charge in [0.1, 0.15) is 0 Å². The van der Waals surface area contributed by atoms with Crippen LogP contribution >= 0.6 is 0 Å². The third-order valence-corrected chi connectivity index (χ3v) is 1.77. The average Bonchev–Trinajstić information content (AvgIpc) is 1.89. The number of aliphatic hydroxyl groups is 1. The first-order valence-electron chi connectivity index (χ1n) is 3.30. The van der Waals surface area contributed by atoms with E-state index in [1.165, 1.54) is 0 Å². The van der Waals surface area contributed by atoms with Crippen molar-refractivity contribution in [1.29, 1.82) is 0 Å². The Morgan fingerprint density at radius 2 is 2.44 bits per heavy atom. The third kappa shape index (κ3) is 1.64. The fourth-order valence-electron chi connectivity index (χ4n) is 1.04. The zero-order chi connectivity index (χ0) is 6.69. The van der Waals surface area contributed by atoms with E-state index in [0.29, 0.717) is 13.2 Å². The average molecular weight is 131 g/mol. The van der Waals surface area contributed by atoms with Crippen molar-refractivity contribution in [3.8, 4) is 0 Å². The Hall–Kier alpha value is -0.120. The fourth-order valence-corrected chi connectivity index (χ4v) is 1.04. The number of hydrogen-bond donors (Lipinski definition) is 2. The van der Waals surface area contributed by atoms with Crippen molar-refractivity contribution in [2.45, 2.75) is 12.5 Å². The molecule has 0 amide bonds. The molecule has 1 heterocycles. The van der Waals surface area contributed by atoms with Crippen LogP contribution in [0.5, 0.6) is 0 Å². The second-order valence-corrected chi connectivity index (χ2v) is 2.43. The molecule has 0 bridgehead atoms. The third-order valence-electron chi connectivity index (χ3n) is 1.77. The summed E-state index contributed by atoms with van der Waals surface area (Å²) in [5, 5.41) is 9.16. The number of aliphatic hydroxyl groups excluding tert-OH is 1. The van der Waals surface area contributed by atoms with Gasteiger partial charge >= 0.3 is 0 Å². The standard InChI is InChI=1S/C6H13NO2/c7-3-5-1-2-9-4-6(5)8/h5-6,8H,1-4,7H2. The van der Waals surface area contributed by atoms with E-state index in [2.05, 4.69) is 0 Å². The maximum absolute atomic E-state index is 9.16. The molecule has 1 saturated heterocycles. The molecular weight excluding hydrogens is 118 g/mol. The predicted molar refractivity (Wildman–Crippen MR) is 34.0 cm³/mol. The summed E-state index contributed by atoms with van der Waals surface area (Å²) in [5.74, 6) is 0.263. The van der Waals surface area contributed by atoms with Gasteiger partial charge in [0, 0.05) is 12.5 Å². The van der Waals surface area contributed by atoms with Crippen LogP contribution in [-0.2, 0) is 4.74 Å². The minimum absolute atomic E-state index is 0.263. The van der Waals surface area contributed by atoms with E-state index in [9.17, 15) is 0 Å². The maximum atomic E-state index is 9.16. The lowest BCUT2D eigenvalue weighted by Gasteiger charge is -2.25. The summed E-state index contributed by atoms with van der Waals surface area (Å²) in [7, 11) is 0. The lowest BCUT2D eigenvalue weighted by atomic mass is 9.98. The number of nitrogens with two attached hydrogens (primary N) is 1. The predicted octanol–water partition coefficient (Wildman–Crippen LogP) is -0.658. The molecule has 0 radical (unpaired) electrons. The van der Waals surface area contributed by atoms with Crippen molar-refractivity contribution in [3.63, 3.8) is 0 Å². The first-order valence-corrected chi connectivity index (χ1v) is 3.30. The SMILES string of the molecule is NCC1CCOCC1O. The summed E-state index contributed by atoms with van der Waals surface area (Å²) < 4.78 is 5.01. The molecule has 9 heavy (non-hydrogen) atoms. The molecule has 1 rings (SSSR count). The van der Waals surface area contributed by atoms with E-state index in [-0.39, 0.29) is 12.0 Å². The molecule has 0 aromatic rings. The molecule has 2 atom stereocenters. The van der Waals surface area contributed by atoms with Gasteiger partial charge in [-0.05, 0) is 13.0 Å². The Kier molecular flexibility index (Phi) is 2.45. The van der Waals surface area contributed by atoms with Gasteiger partial charge < -0.3 is 15.6 Å². The first kappa shape index (κ1) is 6.99. The van der Waals surface area contributed by atoms with Crippen LogP contribution in [0.15, 0.2) is 0 Å². The summed E-state index contributed by atoms with van der Waals surface area (Å²) in [6, 6.07) is 0. The van der Waals surface area contributed by atoms with Gasteiger partial charge in [-0.25, -0.2) is 0 Å². The number of ether oxygens (including phenoxy) is 1. The summed E-state index contributed by atoms with van der Waals surface area (Å²) in [6.07, 6.45) is 0.571. The van der Waals surface area contributed by atoms with Gasteiger partial charge in [-0.15, -0.1) is 0 Å². The van der Waals surface area contributed by atoms with Gasteiger partial charge in [-0.3, -0.25) is 0 Å². The molecule has 0 aromatic heterocycles. The van der Waals surface area contributed by atoms with Gasteiger partial charge in [-0.2, -0.15) is 0 Å². The molecule has 3 N–H and O–H groups in total. The van der Waals surface area contributed by atoms with Crippen LogP contribution in [0.1, 0.15) is 6.42 Å². The van der Waals surface area contributed by atoms with Gasteiger partial charge in [-0.1, -0.05) is 0 Å². The van der Waals surface area contributed by atoms with E-state index in [1.54, 1.807) is 0 Å². The molecule has 0 saturated carbocycles. The van der Waals surface area contributed by atoms with Crippen LogP contribution < -0.4 is 5.73 Å². The van der Waals surface area contributed by atoms with Gasteiger partial charge in [0.15, 0.2) is 0 Å². The van der Waals surface area contributed by atoms with E-state index in [4.69, 9.17) is 15.6 Å². The molecule has 54 valence electrons. The Labute approximate surface area is 54.8 Å². The summed E-state index contributed by atoms with van der Waals surface area (Å²) >= 11 is 0. The number of hydrogen-bond acceptors (Lipinski definition) is 3. The van der Waals surface area contributed by atoms with E-state index >= 15 is 0 Å². The Balaban J connectivity index is 2.30. The molecule has 3 nitrogen and oxygen atoms in total. The molecule has 0 aromatic carbocycles. The highest BCUT2D eigenvalue weighted by atomic mass is 16.5. The summed E-state index contributed by atoms with van der Waals surface area (Å²) in [4.78, 5) is 0. The first-order chi connectivity index (χ1) is 4.34. The zero-order valence-electron chi connectivity index (χ0n) is 5.42. The lowest BCUT2D eigenvalue weighted by molar-refractivity contribution is -0.0408. The van der Waals surface area contributed by atoms with Crippen LogP contribution in [0, 0.1) is 5.92 Å².